The number of carbonyl (C=O) groups is 2. The van der Waals surface area contributed by atoms with E-state index in [0.29, 0.717) is 44.3 Å². The number of hydrogen-bond donors (Lipinski definition) is 2. The Morgan fingerprint density at radius 2 is 1.83 bits per heavy atom. The van der Waals surface area contributed by atoms with Crippen LogP contribution in [0.1, 0.15) is 26.4 Å². The van der Waals surface area contributed by atoms with E-state index in [4.69, 9.17) is 9.84 Å². The highest BCUT2D eigenvalue weighted by molar-refractivity contribution is 6.05. The number of pyridine rings is 1. The molecule has 1 fully saturated rings. The van der Waals surface area contributed by atoms with Gasteiger partial charge in [-0.2, -0.15) is 13.2 Å². The Morgan fingerprint density at radius 3 is 2.45 bits per heavy atom. The Bertz CT molecular complexity index is 943. The number of alkyl halides is 3. The highest BCUT2D eigenvalue weighted by Gasteiger charge is 2.37. The second-order valence-corrected chi connectivity index (χ2v) is 6.17. The van der Waals surface area contributed by atoms with E-state index in [1.807, 2.05) is 4.90 Å². The molecule has 2 N–H and O–H groups in total. The zero-order valence-electron chi connectivity index (χ0n) is 14.8. The van der Waals surface area contributed by atoms with Gasteiger partial charge in [-0.3, -0.25) is 4.79 Å². The van der Waals surface area contributed by atoms with Gasteiger partial charge < -0.3 is 20.1 Å². The number of aromatic carboxylic acids is 1. The van der Waals surface area contributed by atoms with Gasteiger partial charge >= 0.3 is 12.1 Å². The van der Waals surface area contributed by atoms with Gasteiger partial charge in [0, 0.05) is 24.3 Å². The maximum atomic E-state index is 14.0. The Balaban J connectivity index is 1.86. The molecule has 1 aliphatic heterocycles. The van der Waals surface area contributed by atoms with E-state index < -0.39 is 35.1 Å². The van der Waals surface area contributed by atoms with Gasteiger partial charge in [0.15, 0.2) is 5.69 Å². The van der Waals surface area contributed by atoms with Crippen LogP contribution < -0.4 is 10.2 Å². The minimum atomic E-state index is -4.97. The molecule has 1 aromatic carbocycles. The Labute approximate surface area is 161 Å². The van der Waals surface area contributed by atoms with E-state index in [2.05, 4.69) is 10.3 Å². The van der Waals surface area contributed by atoms with Crippen LogP contribution in [0, 0.1) is 5.82 Å². The molecule has 1 saturated heterocycles. The summed E-state index contributed by atoms with van der Waals surface area (Å²) in [5, 5.41) is 11.3. The largest absolute Gasteiger partial charge is 0.478 e. The third-order valence-corrected chi connectivity index (χ3v) is 4.17. The lowest BCUT2D eigenvalue weighted by Crippen LogP contribution is -2.36. The quantitative estimate of drug-likeness (QED) is 0.749. The maximum Gasteiger partial charge on any atom is 0.434 e. The van der Waals surface area contributed by atoms with Crippen molar-refractivity contribution in [2.24, 2.45) is 0 Å². The maximum absolute atomic E-state index is 14.0. The third kappa shape index (κ3) is 4.80. The second kappa shape index (κ2) is 8.03. The van der Waals surface area contributed by atoms with E-state index in [1.165, 1.54) is 12.1 Å². The first-order chi connectivity index (χ1) is 13.6. The van der Waals surface area contributed by atoms with Gasteiger partial charge in [-0.1, -0.05) is 0 Å². The van der Waals surface area contributed by atoms with Crippen molar-refractivity contribution in [1.82, 2.24) is 4.98 Å². The first kappa shape index (κ1) is 20.5. The van der Waals surface area contributed by atoms with Crippen LogP contribution in [-0.4, -0.2) is 48.3 Å². The fourth-order valence-corrected chi connectivity index (χ4v) is 2.83. The molecule has 11 heteroatoms. The predicted octanol–water partition coefficient (Wildman–Crippen LogP) is 3.03. The van der Waals surface area contributed by atoms with Crippen LogP contribution in [0.25, 0.3) is 0 Å². The van der Waals surface area contributed by atoms with Crippen LogP contribution in [0.2, 0.25) is 0 Å². The van der Waals surface area contributed by atoms with Crippen molar-refractivity contribution < 1.29 is 37.0 Å². The van der Waals surface area contributed by atoms with Crippen LogP contribution in [0.3, 0.4) is 0 Å². The average molecular weight is 413 g/mol. The van der Waals surface area contributed by atoms with Crippen molar-refractivity contribution in [3.63, 3.8) is 0 Å². The number of morpholine rings is 1. The van der Waals surface area contributed by atoms with Crippen molar-refractivity contribution in [3.8, 4) is 0 Å². The molecule has 7 nitrogen and oxygen atoms in total. The fraction of sp³-hybridized carbons (Fsp3) is 0.278. The van der Waals surface area contributed by atoms with Gasteiger partial charge in [-0.25, -0.2) is 14.2 Å². The Hall–Kier alpha value is -3.21. The lowest BCUT2D eigenvalue weighted by molar-refractivity contribution is -0.141. The van der Waals surface area contributed by atoms with Crippen molar-refractivity contribution in [2.45, 2.75) is 6.18 Å². The number of amides is 1. The fourth-order valence-electron chi connectivity index (χ4n) is 2.83. The number of carboxylic acid groups (broad SMARTS) is 1. The first-order valence-electron chi connectivity index (χ1n) is 8.40. The minimum Gasteiger partial charge on any atom is -0.478 e. The molecule has 1 amide bonds. The summed E-state index contributed by atoms with van der Waals surface area (Å²) >= 11 is 0. The summed E-state index contributed by atoms with van der Waals surface area (Å²) < 4.78 is 57.8. The summed E-state index contributed by atoms with van der Waals surface area (Å²) in [5.41, 5.74) is -2.58. The molecule has 0 radical (unpaired) electrons. The topological polar surface area (TPSA) is 91.8 Å². The first-order valence-corrected chi connectivity index (χ1v) is 8.40. The average Bonchev–Trinajstić information content (AvgIpc) is 2.67. The SMILES string of the molecule is O=C(Nc1cnc(C(F)(F)F)c(C(=O)O)c1)c1cc(F)cc(N2CCOCC2)c1. The molecule has 0 spiro atoms. The second-order valence-electron chi connectivity index (χ2n) is 6.17. The lowest BCUT2D eigenvalue weighted by atomic mass is 10.1. The summed E-state index contributed by atoms with van der Waals surface area (Å²) in [6, 6.07) is 4.30. The number of aromatic nitrogens is 1. The molecule has 3 rings (SSSR count). The molecule has 0 bridgehead atoms. The number of anilines is 2. The summed E-state index contributed by atoms with van der Waals surface area (Å²) in [6.07, 6.45) is -4.28. The van der Waals surface area contributed by atoms with Crippen LogP contribution in [0.15, 0.2) is 30.5 Å². The zero-order valence-corrected chi connectivity index (χ0v) is 14.8. The molecule has 29 heavy (non-hydrogen) atoms. The molecular formula is C18H15F4N3O4. The molecule has 2 aromatic rings. The minimum absolute atomic E-state index is 0.0803. The van der Waals surface area contributed by atoms with Gasteiger partial charge in [0.2, 0.25) is 0 Å². The van der Waals surface area contributed by atoms with Gasteiger partial charge in [0.1, 0.15) is 5.82 Å². The van der Waals surface area contributed by atoms with Gasteiger partial charge in [-0.15, -0.1) is 0 Å². The zero-order chi connectivity index (χ0) is 21.2. The molecule has 0 atom stereocenters. The van der Waals surface area contributed by atoms with Gasteiger partial charge in [0.25, 0.3) is 5.91 Å². The summed E-state index contributed by atoms with van der Waals surface area (Å²) in [6.45, 7) is 1.92. The number of rotatable bonds is 4. The molecule has 0 aliphatic carbocycles. The lowest BCUT2D eigenvalue weighted by Gasteiger charge is -2.29. The highest BCUT2D eigenvalue weighted by atomic mass is 19.4. The summed E-state index contributed by atoms with van der Waals surface area (Å²) in [4.78, 5) is 28.5. The van der Waals surface area contributed by atoms with E-state index in [9.17, 15) is 27.2 Å². The molecule has 0 saturated carbocycles. The number of hydrogen-bond acceptors (Lipinski definition) is 5. The van der Waals surface area contributed by atoms with E-state index in [0.717, 1.165) is 6.07 Å². The van der Waals surface area contributed by atoms with Crippen molar-refractivity contribution >= 4 is 23.3 Å². The smallest absolute Gasteiger partial charge is 0.434 e. The molecule has 0 unspecified atom stereocenters. The molecule has 154 valence electrons. The number of ether oxygens (including phenoxy) is 1. The standard InChI is InChI=1S/C18H15F4N3O4/c19-11-5-10(6-13(7-11)25-1-3-29-4-2-25)16(26)24-12-8-14(17(27)28)15(23-9-12)18(20,21)22/h5-9H,1-4H2,(H,24,26)(H,27,28). The molecule has 1 aromatic heterocycles. The Morgan fingerprint density at radius 1 is 1.14 bits per heavy atom. The predicted molar refractivity (Wildman–Crippen MR) is 93.6 cm³/mol. The molecule has 2 heterocycles. The van der Waals surface area contributed by atoms with Gasteiger partial charge in [0.05, 0.1) is 30.7 Å². The summed E-state index contributed by atoms with van der Waals surface area (Å²) in [7, 11) is 0. The van der Waals surface area contributed by atoms with Crippen LogP contribution >= 0.6 is 0 Å². The number of nitrogens with one attached hydrogen (secondary N) is 1. The number of halogens is 4. The number of carboxylic acids is 1. The molecular weight excluding hydrogens is 398 g/mol. The van der Waals surface area contributed by atoms with Gasteiger partial charge in [-0.05, 0) is 24.3 Å². The monoisotopic (exact) mass is 413 g/mol. The number of benzene rings is 1. The molecule has 1 aliphatic rings. The third-order valence-electron chi connectivity index (χ3n) is 4.17. The van der Waals surface area contributed by atoms with E-state index >= 15 is 0 Å². The highest BCUT2D eigenvalue weighted by Crippen LogP contribution is 2.31. The van der Waals surface area contributed by atoms with Crippen LogP contribution in [0.4, 0.5) is 28.9 Å². The number of nitrogens with zero attached hydrogens (tertiary/aromatic N) is 2. The van der Waals surface area contributed by atoms with E-state index in [1.54, 1.807) is 0 Å². The number of carbonyl (C=O) groups excluding carboxylic acids is 1. The van der Waals surface area contributed by atoms with Crippen molar-refractivity contribution in [3.05, 3.63) is 53.1 Å². The van der Waals surface area contributed by atoms with Crippen LogP contribution in [-0.2, 0) is 10.9 Å². The van der Waals surface area contributed by atoms with E-state index in [-0.39, 0.29) is 11.3 Å². The van der Waals surface area contributed by atoms with Crippen molar-refractivity contribution in [1.29, 1.82) is 0 Å². The van der Waals surface area contributed by atoms with Crippen molar-refractivity contribution in [2.75, 3.05) is 36.5 Å². The summed E-state index contributed by atoms with van der Waals surface area (Å²) in [5.74, 6) is -3.34. The normalized spacial score (nSPS) is 14.6. The van der Waals surface area contributed by atoms with Crippen LogP contribution in [0.5, 0.6) is 0 Å². The Kier molecular flexibility index (Phi) is 5.69.